The van der Waals surface area contributed by atoms with Gasteiger partial charge in [-0.05, 0) is 73.6 Å². The summed E-state index contributed by atoms with van der Waals surface area (Å²) >= 11 is 0. The number of aliphatic hydroxyl groups is 1. The van der Waals surface area contributed by atoms with Crippen molar-refractivity contribution in [3.05, 3.63) is 0 Å². The molecule has 0 radical (unpaired) electrons. The third-order valence-electron chi connectivity index (χ3n) is 5.74. The SMILES string of the molecule is COCC[C@H](CC1(C(=O)N[C@H](CCO)CC(=O)OC(C)(C)C)CCCC1)C(=O)OC(C)(C)C. The van der Waals surface area contributed by atoms with Gasteiger partial charge in [0.05, 0.1) is 17.8 Å². The molecule has 0 aromatic carbocycles. The zero-order valence-corrected chi connectivity index (χ0v) is 21.6. The maximum atomic E-state index is 13.5. The molecule has 33 heavy (non-hydrogen) atoms. The van der Waals surface area contributed by atoms with Gasteiger partial charge in [-0.3, -0.25) is 14.4 Å². The molecule has 0 spiro atoms. The molecule has 8 nitrogen and oxygen atoms in total. The molecular formula is C25H45NO7. The van der Waals surface area contributed by atoms with E-state index >= 15 is 0 Å². The van der Waals surface area contributed by atoms with Crippen molar-refractivity contribution in [2.24, 2.45) is 11.3 Å². The monoisotopic (exact) mass is 471 g/mol. The van der Waals surface area contributed by atoms with Gasteiger partial charge in [-0.2, -0.15) is 0 Å². The molecule has 2 atom stereocenters. The number of methoxy groups -OCH3 is 1. The van der Waals surface area contributed by atoms with Gasteiger partial charge in [0, 0.05) is 26.4 Å². The zero-order valence-electron chi connectivity index (χ0n) is 21.6. The minimum Gasteiger partial charge on any atom is -0.460 e. The third-order valence-corrected chi connectivity index (χ3v) is 5.74. The highest BCUT2D eigenvalue weighted by Gasteiger charge is 2.45. The Morgan fingerprint density at radius 3 is 2.03 bits per heavy atom. The van der Waals surface area contributed by atoms with Crippen LogP contribution in [0.2, 0.25) is 0 Å². The van der Waals surface area contributed by atoms with Gasteiger partial charge in [-0.1, -0.05) is 12.8 Å². The lowest BCUT2D eigenvalue weighted by Gasteiger charge is -2.34. The topological polar surface area (TPSA) is 111 Å². The normalized spacial score (nSPS) is 17.8. The third kappa shape index (κ3) is 10.9. The predicted octanol–water partition coefficient (Wildman–Crippen LogP) is 3.53. The number of aliphatic hydroxyl groups excluding tert-OH is 1. The first-order valence-electron chi connectivity index (χ1n) is 12.1. The van der Waals surface area contributed by atoms with Crippen molar-refractivity contribution < 1.29 is 33.7 Å². The smallest absolute Gasteiger partial charge is 0.309 e. The van der Waals surface area contributed by atoms with Gasteiger partial charge in [-0.25, -0.2) is 0 Å². The molecular weight excluding hydrogens is 426 g/mol. The Morgan fingerprint density at radius 1 is 0.970 bits per heavy atom. The molecule has 0 aromatic heterocycles. The van der Waals surface area contributed by atoms with E-state index < -0.39 is 34.5 Å². The summed E-state index contributed by atoms with van der Waals surface area (Å²) in [6.45, 7) is 11.1. The minimum absolute atomic E-state index is 0.0151. The number of ether oxygens (including phenoxy) is 3. The van der Waals surface area contributed by atoms with Crippen LogP contribution in [0.15, 0.2) is 0 Å². The Labute approximate surface area is 199 Å². The molecule has 0 aromatic rings. The second-order valence-electron chi connectivity index (χ2n) is 11.2. The van der Waals surface area contributed by atoms with E-state index in [1.165, 1.54) is 0 Å². The van der Waals surface area contributed by atoms with Crippen molar-refractivity contribution in [1.29, 1.82) is 0 Å². The first kappa shape index (κ1) is 29.4. The van der Waals surface area contributed by atoms with Crippen LogP contribution in [-0.2, 0) is 28.6 Å². The van der Waals surface area contributed by atoms with Crippen molar-refractivity contribution >= 4 is 17.8 Å². The van der Waals surface area contributed by atoms with Gasteiger partial charge in [-0.15, -0.1) is 0 Å². The standard InChI is InChI=1S/C25H45NO7/c1-23(2,3)32-20(28)16-19(10-14-27)26-22(30)25(12-8-9-13-25)17-18(11-15-31-7)21(29)33-24(4,5)6/h18-19,27H,8-17H2,1-7H3,(H,26,30)/t18-,19-/m1/s1. The van der Waals surface area contributed by atoms with Crippen LogP contribution in [0, 0.1) is 11.3 Å². The summed E-state index contributed by atoms with van der Waals surface area (Å²) in [5.74, 6) is -1.38. The lowest BCUT2D eigenvalue weighted by Crippen LogP contribution is -2.47. The number of rotatable bonds is 12. The quantitative estimate of drug-likeness (QED) is 0.419. The van der Waals surface area contributed by atoms with Gasteiger partial charge in [0.1, 0.15) is 11.2 Å². The molecule has 1 amide bonds. The first-order valence-corrected chi connectivity index (χ1v) is 12.1. The number of hydrogen-bond donors (Lipinski definition) is 2. The molecule has 1 rings (SSSR count). The van der Waals surface area contributed by atoms with Crippen LogP contribution in [0.25, 0.3) is 0 Å². The van der Waals surface area contributed by atoms with Crippen molar-refractivity contribution in [2.75, 3.05) is 20.3 Å². The summed E-state index contributed by atoms with van der Waals surface area (Å²) in [5, 5.41) is 12.5. The van der Waals surface area contributed by atoms with Crippen molar-refractivity contribution in [3.8, 4) is 0 Å². The molecule has 0 saturated heterocycles. The molecule has 0 aliphatic heterocycles. The second kappa shape index (κ2) is 12.7. The lowest BCUT2D eigenvalue weighted by atomic mass is 9.75. The molecule has 1 saturated carbocycles. The van der Waals surface area contributed by atoms with E-state index in [1.807, 2.05) is 20.8 Å². The summed E-state index contributed by atoms with van der Waals surface area (Å²) in [5.41, 5.74) is -1.95. The van der Waals surface area contributed by atoms with E-state index in [4.69, 9.17) is 14.2 Å². The van der Waals surface area contributed by atoms with Crippen LogP contribution in [0.4, 0.5) is 0 Å². The van der Waals surface area contributed by atoms with E-state index in [0.717, 1.165) is 12.8 Å². The van der Waals surface area contributed by atoms with E-state index in [2.05, 4.69) is 5.32 Å². The molecule has 192 valence electrons. The van der Waals surface area contributed by atoms with Crippen LogP contribution >= 0.6 is 0 Å². The second-order valence-corrected chi connectivity index (χ2v) is 11.2. The Balaban J connectivity index is 2.99. The summed E-state index contributed by atoms with van der Waals surface area (Å²) in [7, 11) is 1.58. The fraction of sp³-hybridized carbons (Fsp3) is 0.880. The van der Waals surface area contributed by atoms with Crippen molar-refractivity contribution in [2.45, 2.75) is 110 Å². The van der Waals surface area contributed by atoms with E-state index in [-0.39, 0.29) is 31.3 Å². The maximum absolute atomic E-state index is 13.5. The zero-order chi connectivity index (χ0) is 25.3. The molecule has 0 bridgehead atoms. The van der Waals surface area contributed by atoms with Gasteiger partial charge in [0.2, 0.25) is 5.91 Å². The Morgan fingerprint density at radius 2 is 1.55 bits per heavy atom. The predicted molar refractivity (Wildman–Crippen MR) is 125 cm³/mol. The summed E-state index contributed by atoms with van der Waals surface area (Å²) in [4.78, 5) is 38.7. The number of amides is 1. The minimum atomic E-state index is -0.711. The number of nitrogens with one attached hydrogen (secondary N) is 1. The molecule has 2 N–H and O–H groups in total. The maximum Gasteiger partial charge on any atom is 0.309 e. The molecule has 1 aliphatic carbocycles. The average Bonchev–Trinajstić information content (AvgIpc) is 3.12. The number of carbonyl (C=O) groups is 3. The summed E-state index contributed by atoms with van der Waals surface area (Å²) in [6.07, 6.45) is 4.21. The molecule has 0 heterocycles. The highest BCUT2D eigenvalue weighted by Crippen LogP contribution is 2.44. The van der Waals surface area contributed by atoms with Crippen LogP contribution in [-0.4, -0.2) is 60.5 Å². The van der Waals surface area contributed by atoms with Crippen LogP contribution in [0.3, 0.4) is 0 Å². The fourth-order valence-electron chi connectivity index (χ4n) is 4.30. The highest BCUT2D eigenvalue weighted by atomic mass is 16.6. The molecule has 0 unspecified atom stereocenters. The summed E-state index contributed by atoms with van der Waals surface area (Å²) in [6, 6.07) is -0.534. The number of hydrogen-bond acceptors (Lipinski definition) is 7. The van der Waals surface area contributed by atoms with Crippen LogP contribution < -0.4 is 5.32 Å². The molecule has 1 fully saturated rings. The first-order chi connectivity index (χ1) is 15.2. The Bertz CT molecular complexity index is 642. The van der Waals surface area contributed by atoms with E-state index in [0.29, 0.717) is 32.3 Å². The van der Waals surface area contributed by atoms with Crippen molar-refractivity contribution in [1.82, 2.24) is 5.32 Å². The van der Waals surface area contributed by atoms with Gasteiger partial charge in [0.15, 0.2) is 0 Å². The van der Waals surface area contributed by atoms with Crippen molar-refractivity contribution in [3.63, 3.8) is 0 Å². The van der Waals surface area contributed by atoms with Gasteiger partial charge < -0.3 is 24.6 Å². The fourth-order valence-corrected chi connectivity index (χ4v) is 4.30. The molecule has 1 aliphatic rings. The van der Waals surface area contributed by atoms with Crippen LogP contribution in [0.1, 0.15) is 92.9 Å². The summed E-state index contributed by atoms with van der Waals surface area (Å²) < 4.78 is 16.2. The van der Waals surface area contributed by atoms with Gasteiger partial charge >= 0.3 is 11.9 Å². The Kier molecular flexibility index (Phi) is 11.3. The lowest BCUT2D eigenvalue weighted by molar-refractivity contribution is -0.162. The number of esters is 2. The van der Waals surface area contributed by atoms with Crippen LogP contribution in [0.5, 0.6) is 0 Å². The molecule has 8 heteroatoms. The Hall–Kier alpha value is -1.67. The highest BCUT2D eigenvalue weighted by molar-refractivity contribution is 5.85. The van der Waals surface area contributed by atoms with E-state index in [9.17, 15) is 19.5 Å². The van der Waals surface area contributed by atoms with Gasteiger partial charge in [0.25, 0.3) is 0 Å². The largest absolute Gasteiger partial charge is 0.460 e. The average molecular weight is 472 g/mol. The number of carbonyl (C=O) groups excluding carboxylic acids is 3. The van der Waals surface area contributed by atoms with E-state index in [1.54, 1.807) is 27.9 Å².